The van der Waals surface area contributed by atoms with Gasteiger partial charge in [0, 0.05) is 62.9 Å². The van der Waals surface area contributed by atoms with Crippen LogP contribution in [0.25, 0.3) is 45.2 Å². The van der Waals surface area contributed by atoms with Crippen LogP contribution in [0.3, 0.4) is 0 Å². The van der Waals surface area contributed by atoms with E-state index in [4.69, 9.17) is 4.99 Å². The first-order chi connectivity index (χ1) is 36.5. The molecule has 0 spiro atoms. The van der Waals surface area contributed by atoms with E-state index in [2.05, 4.69) is 223 Å². The highest BCUT2D eigenvalue weighted by atomic mass is 15.0. The highest BCUT2D eigenvalue weighted by molar-refractivity contribution is 6.00. The number of benzene rings is 4. The summed E-state index contributed by atoms with van der Waals surface area (Å²) in [7, 11) is 2.20. The van der Waals surface area contributed by atoms with Crippen LogP contribution in [-0.4, -0.2) is 14.8 Å². The van der Waals surface area contributed by atoms with Gasteiger partial charge < -0.3 is 9.13 Å². The van der Waals surface area contributed by atoms with Gasteiger partial charge in [-0.2, -0.15) is 0 Å². The molecule has 0 saturated carbocycles. The van der Waals surface area contributed by atoms with Crippen LogP contribution in [0.5, 0.6) is 0 Å². The molecule has 4 aromatic carbocycles. The van der Waals surface area contributed by atoms with Crippen molar-refractivity contribution in [1.29, 1.82) is 0 Å². The Balaban J connectivity index is 0.000000567. The van der Waals surface area contributed by atoms with Crippen molar-refractivity contribution in [3.8, 4) is 5.69 Å². The van der Waals surface area contributed by atoms with Crippen LogP contribution in [0.4, 0.5) is 0 Å². The summed E-state index contributed by atoms with van der Waals surface area (Å²) in [5, 5.41) is 2.65. The summed E-state index contributed by atoms with van der Waals surface area (Å²) in [6, 6.07) is 34.8. The number of hydrogen-bond donors (Lipinski definition) is 0. The molecule has 3 aliphatic rings. The lowest BCUT2D eigenvalue weighted by atomic mass is 9.98. The van der Waals surface area contributed by atoms with Gasteiger partial charge in [0.15, 0.2) is 0 Å². The Morgan fingerprint density at radius 1 is 0.640 bits per heavy atom. The molecule has 3 aliphatic carbocycles. The summed E-state index contributed by atoms with van der Waals surface area (Å²) in [5.74, 6) is 0. The Kier molecular flexibility index (Phi) is 34.3. The normalized spacial score (nSPS) is 13.2. The number of para-hydroxylation sites is 1. The predicted octanol–water partition coefficient (Wildman–Crippen LogP) is 22.5. The molecule has 2 heterocycles. The Bertz CT molecular complexity index is 2850. The minimum atomic E-state index is 1.06. The number of hydrogen-bond acceptors (Lipinski definition) is 1. The van der Waals surface area contributed by atoms with Gasteiger partial charge in [0.2, 0.25) is 0 Å². The van der Waals surface area contributed by atoms with E-state index in [9.17, 15) is 0 Å². The molecule has 0 radical (unpaired) electrons. The van der Waals surface area contributed by atoms with Crippen molar-refractivity contribution in [3.63, 3.8) is 0 Å². The van der Waals surface area contributed by atoms with E-state index >= 15 is 0 Å². The van der Waals surface area contributed by atoms with Crippen molar-refractivity contribution in [3.05, 3.63) is 227 Å². The fourth-order valence-electron chi connectivity index (χ4n) is 8.52. The molecule has 0 bridgehead atoms. The molecular formula is C72H99N3. The van der Waals surface area contributed by atoms with Gasteiger partial charge in [0.05, 0.1) is 5.52 Å². The lowest BCUT2D eigenvalue weighted by Gasteiger charge is -2.10. The molecular weight excluding hydrogens is 907 g/mol. The fraction of sp³-hybridized carbons (Fsp3) is 0.347. The van der Waals surface area contributed by atoms with Crippen molar-refractivity contribution in [2.45, 2.75) is 163 Å². The number of aromatic nitrogens is 2. The SMILES string of the molecule is C/C(=C\c1c(C)n(-c2ccc(C)cc2)c2ccccc12)c1ccc2c(c1)c1c(n2C)CCC=C1.C/C=C\C=C/CC.C=CC.CC.CC.CC.CC.CC(=NC1=C(C)C=CCC1)c1ccccc1.CC1=CCCC=C1. The van der Waals surface area contributed by atoms with Crippen LogP contribution in [-0.2, 0) is 13.5 Å². The molecule has 9 rings (SSSR count). The lowest BCUT2D eigenvalue weighted by Crippen LogP contribution is -1.99. The summed E-state index contributed by atoms with van der Waals surface area (Å²) >= 11 is 0. The Hall–Kier alpha value is -6.71. The second-order valence-corrected chi connectivity index (χ2v) is 17.4. The quantitative estimate of drug-likeness (QED) is 0.0864. The van der Waals surface area contributed by atoms with Crippen LogP contribution >= 0.6 is 0 Å². The van der Waals surface area contributed by atoms with Crippen molar-refractivity contribution in [2.24, 2.45) is 12.0 Å². The maximum absolute atomic E-state index is 4.73. The Morgan fingerprint density at radius 2 is 1.25 bits per heavy atom. The van der Waals surface area contributed by atoms with E-state index in [0.717, 1.165) is 37.8 Å². The van der Waals surface area contributed by atoms with Crippen LogP contribution in [0, 0.1) is 13.8 Å². The van der Waals surface area contributed by atoms with Gasteiger partial charge in [-0.15, -0.1) is 6.58 Å². The minimum Gasteiger partial charge on any atom is -0.347 e. The standard InChI is InChI=1S/C32H30N2.C15H17N.C7H10.C7H12.C3H6.4C2H6/c1-21-13-16-25(17-14-21)34-23(3)28(26-9-6-8-12-32(26)34)19-22(2)24-15-18-31-29(20-24)27-10-5-7-11-30(27)33(31)4;1-12-8-6-7-11-15(12)16-13(2)14-9-4-3-5-10-14;1-7-5-3-2-4-6-7;1-3-5-7-6-4-2;1-3-2;4*1-2/h5-6,8-10,12-20H,7,11H2,1-4H3;3-6,8-10H,7,11H2,1-2H3;3,5-6H,2,4H2,1H3;3,5-7H,4H2,1-2H3;3H,1H2,2H3;4*1-2H3/b22-19+;;;5-3-,7-6-;;;;;. The molecule has 6 aromatic rings. The van der Waals surface area contributed by atoms with Gasteiger partial charge in [0.1, 0.15) is 0 Å². The van der Waals surface area contributed by atoms with Gasteiger partial charge in [-0.1, -0.05) is 213 Å². The van der Waals surface area contributed by atoms with Crippen LogP contribution in [0.2, 0.25) is 0 Å². The molecule has 3 heteroatoms. The van der Waals surface area contributed by atoms with E-state index in [-0.39, 0.29) is 0 Å². The van der Waals surface area contributed by atoms with E-state index in [1.54, 1.807) is 6.08 Å². The number of aliphatic imine (C=N–C) groups is 1. The monoisotopic (exact) mass is 1010 g/mol. The minimum absolute atomic E-state index is 1.06. The van der Waals surface area contributed by atoms with Gasteiger partial charge in [0.25, 0.3) is 0 Å². The first-order valence-electron chi connectivity index (χ1n) is 28.3. The van der Waals surface area contributed by atoms with Crippen molar-refractivity contribution in [2.75, 3.05) is 0 Å². The molecule has 0 unspecified atom stereocenters. The molecule has 0 atom stereocenters. The van der Waals surface area contributed by atoms with E-state index < -0.39 is 0 Å². The molecule has 0 aliphatic heterocycles. The zero-order chi connectivity index (χ0) is 56.1. The van der Waals surface area contributed by atoms with E-state index in [1.807, 2.05) is 87.5 Å². The second kappa shape index (κ2) is 38.8. The number of nitrogens with zero attached hydrogens (tertiary/aromatic N) is 3. The molecule has 0 amide bonds. The highest BCUT2D eigenvalue weighted by Gasteiger charge is 2.17. The third-order valence-electron chi connectivity index (χ3n) is 12.2. The van der Waals surface area contributed by atoms with Crippen molar-refractivity contribution < 1.29 is 0 Å². The first-order valence-corrected chi connectivity index (χ1v) is 28.3. The number of allylic oxidation sites excluding steroid dienone is 15. The summed E-state index contributed by atoms with van der Waals surface area (Å²) in [5.41, 5.74) is 19.3. The van der Waals surface area contributed by atoms with Crippen molar-refractivity contribution >= 4 is 45.2 Å². The van der Waals surface area contributed by atoms with Crippen molar-refractivity contribution in [1.82, 2.24) is 9.13 Å². The topological polar surface area (TPSA) is 22.2 Å². The molecule has 0 N–H and O–H groups in total. The summed E-state index contributed by atoms with van der Waals surface area (Å²) in [4.78, 5) is 4.73. The average Bonchev–Trinajstić information content (AvgIpc) is 3.91. The number of fused-ring (bicyclic) bond motifs is 4. The van der Waals surface area contributed by atoms with Gasteiger partial charge >= 0.3 is 0 Å². The number of rotatable bonds is 7. The van der Waals surface area contributed by atoms with Crippen LogP contribution < -0.4 is 0 Å². The molecule has 2 aromatic heterocycles. The Labute approximate surface area is 459 Å². The van der Waals surface area contributed by atoms with E-state index in [1.165, 1.54) is 102 Å². The average molecular weight is 1010 g/mol. The maximum atomic E-state index is 4.73. The molecule has 402 valence electrons. The lowest BCUT2D eigenvalue weighted by molar-refractivity contribution is 0.824. The summed E-state index contributed by atoms with van der Waals surface area (Å²) < 4.78 is 4.76. The van der Waals surface area contributed by atoms with Crippen LogP contribution in [0.1, 0.15) is 182 Å². The van der Waals surface area contributed by atoms with Gasteiger partial charge in [-0.25, -0.2) is 0 Å². The third-order valence-corrected chi connectivity index (χ3v) is 12.2. The molecule has 3 nitrogen and oxygen atoms in total. The maximum Gasteiger partial charge on any atom is 0.0537 e. The van der Waals surface area contributed by atoms with E-state index in [0.29, 0.717) is 0 Å². The Morgan fingerprint density at radius 3 is 1.84 bits per heavy atom. The zero-order valence-electron chi connectivity index (χ0n) is 50.2. The zero-order valence-corrected chi connectivity index (χ0v) is 50.2. The molecule has 75 heavy (non-hydrogen) atoms. The summed E-state index contributed by atoms with van der Waals surface area (Å²) in [6.45, 7) is 38.3. The largest absolute Gasteiger partial charge is 0.347 e. The number of aryl methyl sites for hydroxylation is 2. The molecule has 0 saturated heterocycles. The fourth-order valence-corrected chi connectivity index (χ4v) is 8.52. The summed E-state index contributed by atoms with van der Waals surface area (Å²) in [6.07, 6.45) is 36.0. The second-order valence-electron chi connectivity index (χ2n) is 17.4. The van der Waals surface area contributed by atoms with Crippen LogP contribution in [0.15, 0.2) is 192 Å². The van der Waals surface area contributed by atoms with Gasteiger partial charge in [-0.3, -0.25) is 4.99 Å². The van der Waals surface area contributed by atoms with Gasteiger partial charge in [-0.05, 0) is 159 Å². The molecule has 0 fully saturated rings. The third kappa shape index (κ3) is 20.9. The first kappa shape index (κ1) is 66.3. The highest BCUT2D eigenvalue weighted by Crippen LogP contribution is 2.35. The smallest absolute Gasteiger partial charge is 0.0537 e. The predicted molar refractivity (Wildman–Crippen MR) is 344 cm³/mol.